The lowest BCUT2D eigenvalue weighted by molar-refractivity contribution is -0.111. The van der Waals surface area contributed by atoms with E-state index in [2.05, 4.69) is 27.1 Å². The van der Waals surface area contributed by atoms with Crippen molar-refractivity contribution in [3.05, 3.63) is 64.6 Å². The second kappa shape index (κ2) is 10.2. The van der Waals surface area contributed by atoms with Crippen molar-refractivity contribution in [1.82, 2.24) is 15.2 Å². The molecule has 1 N–H and O–H groups in total. The van der Waals surface area contributed by atoms with Gasteiger partial charge in [-0.05, 0) is 19.1 Å². The van der Waals surface area contributed by atoms with Crippen LogP contribution in [0.3, 0.4) is 0 Å². The minimum atomic E-state index is -0.277. The van der Waals surface area contributed by atoms with Crippen LogP contribution in [-0.4, -0.2) is 26.8 Å². The van der Waals surface area contributed by atoms with Gasteiger partial charge in [-0.2, -0.15) is 0 Å². The Hall–Kier alpha value is -2.49. The molecule has 0 unspecified atom stereocenters. The molecule has 0 spiro atoms. The first-order valence-corrected chi connectivity index (χ1v) is 11.0. The summed E-state index contributed by atoms with van der Waals surface area (Å²) in [5.41, 5.74) is 1.70. The lowest BCUT2D eigenvalue weighted by atomic mass is 10.2. The van der Waals surface area contributed by atoms with Crippen molar-refractivity contribution in [3.63, 3.8) is 0 Å². The number of nitrogens with zero attached hydrogens (tertiary/aromatic N) is 3. The Labute approximate surface area is 175 Å². The zero-order valence-electron chi connectivity index (χ0n) is 15.1. The van der Waals surface area contributed by atoms with Gasteiger partial charge in [-0.1, -0.05) is 47.4 Å². The normalized spacial score (nSPS) is 10.9. The minimum Gasteiger partial charge on any atom is -0.487 e. The Kier molecular flexibility index (Phi) is 7.35. The number of aromatic nitrogens is 3. The molecule has 0 atom stereocenters. The second-order valence-corrected chi connectivity index (χ2v) is 8.79. The first-order chi connectivity index (χ1) is 13.6. The number of para-hydroxylation sites is 1. The molecule has 2 aromatic heterocycles. The summed E-state index contributed by atoms with van der Waals surface area (Å²) in [6, 6.07) is 7.54. The summed E-state index contributed by atoms with van der Waals surface area (Å²) in [6.07, 6.45) is 4.96. The number of anilines is 1. The van der Waals surface area contributed by atoms with Crippen LogP contribution in [-0.2, 0) is 11.4 Å². The third-order valence-electron chi connectivity index (χ3n) is 3.34. The average Bonchev–Trinajstić information content (AvgIpc) is 3.32. The van der Waals surface area contributed by atoms with Gasteiger partial charge in [0.2, 0.25) is 11.0 Å². The molecule has 144 valence electrons. The van der Waals surface area contributed by atoms with E-state index < -0.39 is 0 Å². The van der Waals surface area contributed by atoms with Gasteiger partial charge in [0.25, 0.3) is 0 Å². The van der Waals surface area contributed by atoms with E-state index in [-0.39, 0.29) is 5.91 Å². The molecule has 0 bridgehead atoms. The second-order valence-electron chi connectivity index (χ2n) is 5.48. The van der Waals surface area contributed by atoms with Crippen LogP contribution in [0.2, 0.25) is 0 Å². The summed E-state index contributed by atoms with van der Waals surface area (Å²) in [7, 11) is 0. The van der Waals surface area contributed by atoms with Crippen molar-refractivity contribution in [2.24, 2.45) is 0 Å². The molecule has 0 fully saturated rings. The van der Waals surface area contributed by atoms with Gasteiger partial charge in [0, 0.05) is 22.8 Å². The molecule has 0 aliphatic rings. The Balaban J connectivity index is 1.59. The first kappa shape index (κ1) is 20.2. The van der Waals surface area contributed by atoms with Gasteiger partial charge >= 0.3 is 0 Å². The van der Waals surface area contributed by atoms with E-state index in [0.717, 1.165) is 26.4 Å². The Morgan fingerprint density at radius 3 is 3.00 bits per heavy atom. The number of thiazole rings is 1. The van der Waals surface area contributed by atoms with Crippen molar-refractivity contribution in [2.45, 2.75) is 17.9 Å². The molecule has 0 aliphatic heterocycles. The van der Waals surface area contributed by atoms with Crippen LogP contribution in [0, 0.1) is 6.92 Å². The molecule has 1 aromatic carbocycles. The maximum atomic E-state index is 12.2. The molecule has 0 radical (unpaired) electrons. The van der Waals surface area contributed by atoms with Gasteiger partial charge in [0.1, 0.15) is 12.4 Å². The fraction of sp³-hybridized carbons (Fsp3) is 0.158. The van der Waals surface area contributed by atoms with E-state index in [1.54, 1.807) is 23.5 Å². The maximum Gasteiger partial charge on any atom is 0.250 e. The van der Waals surface area contributed by atoms with Gasteiger partial charge in [-0.15, -0.1) is 28.1 Å². The highest BCUT2D eigenvalue weighted by Gasteiger charge is 2.07. The third kappa shape index (κ3) is 6.01. The molecular formula is C19H18N4O2S3. The quantitative estimate of drug-likeness (QED) is 0.227. The summed E-state index contributed by atoms with van der Waals surface area (Å²) in [4.78, 5) is 16.6. The molecule has 1 amide bonds. The van der Waals surface area contributed by atoms with Crippen molar-refractivity contribution in [3.8, 4) is 5.75 Å². The number of ether oxygens (including phenoxy) is 1. The van der Waals surface area contributed by atoms with Crippen LogP contribution >= 0.6 is 34.4 Å². The van der Waals surface area contributed by atoms with Crippen LogP contribution in [0.15, 0.2) is 52.7 Å². The van der Waals surface area contributed by atoms with Crippen molar-refractivity contribution in [2.75, 3.05) is 11.1 Å². The van der Waals surface area contributed by atoms with E-state index in [1.165, 1.54) is 29.2 Å². The molecule has 0 saturated carbocycles. The highest BCUT2D eigenvalue weighted by atomic mass is 32.2. The van der Waals surface area contributed by atoms with Crippen LogP contribution < -0.4 is 10.1 Å². The number of aryl methyl sites for hydroxylation is 1. The van der Waals surface area contributed by atoms with Gasteiger partial charge < -0.3 is 4.74 Å². The maximum absolute atomic E-state index is 12.2. The highest BCUT2D eigenvalue weighted by Crippen LogP contribution is 2.25. The van der Waals surface area contributed by atoms with E-state index in [9.17, 15) is 4.79 Å². The summed E-state index contributed by atoms with van der Waals surface area (Å²) >= 11 is 4.44. The molecule has 0 saturated heterocycles. The van der Waals surface area contributed by atoms with Gasteiger partial charge in [0.15, 0.2) is 4.34 Å². The Morgan fingerprint density at radius 2 is 2.21 bits per heavy atom. The van der Waals surface area contributed by atoms with Crippen molar-refractivity contribution < 1.29 is 9.53 Å². The van der Waals surface area contributed by atoms with Crippen LogP contribution in [0.25, 0.3) is 6.08 Å². The van der Waals surface area contributed by atoms with E-state index in [4.69, 9.17) is 4.74 Å². The number of carbonyl (C=O) groups excluding carboxylic acids is 1. The number of benzene rings is 1. The number of nitrogens with one attached hydrogen (secondary N) is 1. The largest absolute Gasteiger partial charge is 0.487 e. The average molecular weight is 431 g/mol. The van der Waals surface area contributed by atoms with E-state index in [1.807, 2.05) is 36.6 Å². The SMILES string of the molecule is C=CCSc1nnc(NC(=O)/C=C/c2ccccc2OCc2csc(C)n2)s1. The number of hydrogen-bond acceptors (Lipinski definition) is 8. The van der Waals surface area contributed by atoms with Gasteiger partial charge in [0.05, 0.1) is 10.7 Å². The molecule has 0 aliphatic carbocycles. The summed E-state index contributed by atoms with van der Waals surface area (Å²) < 4.78 is 6.65. The molecule has 9 heteroatoms. The molecule has 28 heavy (non-hydrogen) atoms. The zero-order valence-corrected chi connectivity index (χ0v) is 17.6. The zero-order chi connectivity index (χ0) is 19.8. The van der Waals surface area contributed by atoms with Crippen LogP contribution in [0.1, 0.15) is 16.3 Å². The predicted octanol–water partition coefficient (Wildman–Crippen LogP) is 4.81. The molecule has 6 nitrogen and oxygen atoms in total. The molecule has 2 heterocycles. The first-order valence-electron chi connectivity index (χ1n) is 8.33. The predicted molar refractivity (Wildman–Crippen MR) is 116 cm³/mol. The van der Waals surface area contributed by atoms with Crippen molar-refractivity contribution >= 4 is 51.6 Å². The highest BCUT2D eigenvalue weighted by molar-refractivity contribution is 8.01. The van der Waals surface area contributed by atoms with Crippen molar-refractivity contribution in [1.29, 1.82) is 0 Å². The summed E-state index contributed by atoms with van der Waals surface area (Å²) in [6.45, 7) is 6.01. The van der Waals surface area contributed by atoms with Crippen LogP contribution in [0.4, 0.5) is 5.13 Å². The van der Waals surface area contributed by atoms with Gasteiger partial charge in [-0.25, -0.2) is 4.98 Å². The smallest absolute Gasteiger partial charge is 0.250 e. The standard InChI is InChI=1S/C19H18N4O2S3/c1-3-10-26-19-23-22-18(28-19)21-17(24)9-8-14-6-4-5-7-16(14)25-11-15-12-27-13(2)20-15/h3-9,12H,1,10-11H2,2H3,(H,21,22,24)/b9-8+. The van der Waals surface area contributed by atoms with E-state index in [0.29, 0.717) is 17.5 Å². The lowest BCUT2D eigenvalue weighted by Crippen LogP contribution is -2.07. The summed E-state index contributed by atoms with van der Waals surface area (Å²) in [5.74, 6) is 1.16. The Morgan fingerprint density at radius 1 is 1.36 bits per heavy atom. The van der Waals surface area contributed by atoms with E-state index >= 15 is 0 Å². The number of amides is 1. The minimum absolute atomic E-state index is 0.277. The van der Waals surface area contributed by atoms with Crippen LogP contribution in [0.5, 0.6) is 5.75 Å². The van der Waals surface area contributed by atoms with Gasteiger partial charge in [-0.3, -0.25) is 10.1 Å². The molecular weight excluding hydrogens is 412 g/mol. The molecule has 3 rings (SSSR count). The Bertz CT molecular complexity index is 981. The molecule has 3 aromatic rings. The third-order valence-corrected chi connectivity index (χ3v) is 6.13. The topological polar surface area (TPSA) is 77.0 Å². The lowest BCUT2D eigenvalue weighted by Gasteiger charge is -2.07. The number of carbonyl (C=O) groups is 1. The fourth-order valence-corrected chi connectivity index (χ4v) is 4.25. The summed E-state index contributed by atoms with van der Waals surface area (Å²) in [5, 5.41) is 14.1. The fourth-order valence-electron chi connectivity index (χ4n) is 2.14. The number of rotatable bonds is 9. The number of thioether (sulfide) groups is 1. The monoisotopic (exact) mass is 430 g/mol. The number of hydrogen-bond donors (Lipinski definition) is 1.